The third-order valence-corrected chi connectivity index (χ3v) is 3.35. The molecule has 1 unspecified atom stereocenters. The summed E-state index contributed by atoms with van der Waals surface area (Å²) in [6.07, 6.45) is -4.40. The van der Waals surface area contributed by atoms with E-state index in [1.165, 1.54) is 12.1 Å². The predicted molar refractivity (Wildman–Crippen MR) is 59.4 cm³/mol. The van der Waals surface area contributed by atoms with Gasteiger partial charge in [0.2, 0.25) is 0 Å². The summed E-state index contributed by atoms with van der Waals surface area (Å²) in [7, 11) is 0. The lowest BCUT2D eigenvalue weighted by molar-refractivity contribution is -0.143. The fourth-order valence-electron chi connectivity index (χ4n) is 2.26. The summed E-state index contributed by atoms with van der Waals surface area (Å²) < 4.78 is 38.5. The summed E-state index contributed by atoms with van der Waals surface area (Å²) in [5, 5.41) is 11.9. The molecule has 0 saturated carbocycles. The van der Waals surface area contributed by atoms with Gasteiger partial charge in [0.1, 0.15) is 5.54 Å². The van der Waals surface area contributed by atoms with Crippen LogP contribution >= 0.6 is 0 Å². The number of halogens is 3. The molecule has 1 aromatic carbocycles. The Morgan fingerprint density at radius 3 is 2.67 bits per heavy atom. The van der Waals surface area contributed by atoms with Crippen LogP contribution in [0.15, 0.2) is 18.2 Å². The van der Waals surface area contributed by atoms with E-state index in [2.05, 4.69) is 5.32 Å². The molecule has 0 aromatic heterocycles. The average Bonchev–Trinajstić information content (AvgIpc) is 2.66. The molecule has 0 aliphatic carbocycles. The predicted octanol–water partition coefficient (Wildman–Crippen LogP) is 2.91. The molecule has 2 N–H and O–H groups in total. The van der Waals surface area contributed by atoms with Gasteiger partial charge in [-0.3, -0.25) is 0 Å². The summed E-state index contributed by atoms with van der Waals surface area (Å²) >= 11 is 0. The fraction of sp³-hybridized carbons (Fsp3) is 0.417. The molecule has 1 aromatic rings. The standard InChI is InChI=1S/C12H12F3NO2/c1-2-11(10(17)18)6-7-8(12(13,14)15)4-3-5-9(7)16-11/h3-5,16H,2,6H2,1H3,(H,17,18). The third kappa shape index (κ3) is 1.81. The molecule has 1 heterocycles. The molecule has 0 spiro atoms. The Labute approximate surface area is 102 Å². The van der Waals surface area contributed by atoms with E-state index in [-0.39, 0.29) is 24.1 Å². The van der Waals surface area contributed by atoms with Gasteiger partial charge in [-0.2, -0.15) is 13.2 Å². The van der Waals surface area contributed by atoms with Crippen LogP contribution in [-0.2, 0) is 17.4 Å². The second-order valence-corrected chi connectivity index (χ2v) is 4.37. The quantitative estimate of drug-likeness (QED) is 0.858. The van der Waals surface area contributed by atoms with Crippen molar-refractivity contribution < 1.29 is 23.1 Å². The zero-order valence-corrected chi connectivity index (χ0v) is 9.64. The molecule has 3 nitrogen and oxygen atoms in total. The number of fused-ring (bicyclic) bond motifs is 1. The highest BCUT2D eigenvalue weighted by atomic mass is 19.4. The van der Waals surface area contributed by atoms with E-state index in [4.69, 9.17) is 0 Å². The lowest BCUT2D eigenvalue weighted by Crippen LogP contribution is -2.44. The minimum atomic E-state index is -4.46. The van der Waals surface area contributed by atoms with E-state index < -0.39 is 23.2 Å². The highest BCUT2D eigenvalue weighted by molar-refractivity contribution is 5.87. The lowest BCUT2D eigenvalue weighted by Gasteiger charge is -2.23. The highest BCUT2D eigenvalue weighted by Gasteiger charge is 2.46. The van der Waals surface area contributed by atoms with Crippen molar-refractivity contribution in [2.45, 2.75) is 31.5 Å². The Hall–Kier alpha value is -1.72. The van der Waals surface area contributed by atoms with Gasteiger partial charge in [0, 0.05) is 12.1 Å². The van der Waals surface area contributed by atoms with Crippen LogP contribution in [0, 0.1) is 0 Å². The molecule has 2 rings (SSSR count). The molecule has 6 heteroatoms. The number of anilines is 1. The van der Waals surface area contributed by atoms with Gasteiger partial charge in [-0.15, -0.1) is 0 Å². The first-order valence-electron chi connectivity index (χ1n) is 5.51. The van der Waals surface area contributed by atoms with Gasteiger partial charge in [0.15, 0.2) is 0 Å². The molecule has 0 fully saturated rings. The van der Waals surface area contributed by atoms with Gasteiger partial charge in [-0.05, 0) is 24.1 Å². The maximum Gasteiger partial charge on any atom is 0.416 e. The fourth-order valence-corrected chi connectivity index (χ4v) is 2.26. The van der Waals surface area contributed by atoms with Crippen LogP contribution in [0.2, 0.25) is 0 Å². The zero-order chi connectivity index (χ0) is 13.6. The number of carboxylic acid groups (broad SMARTS) is 1. The molecule has 1 atom stereocenters. The van der Waals surface area contributed by atoms with Crippen molar-refractivity contribution >= 4 is 11.7 Å². The van der Waals surface area contributed by atoms with Gasteiger partial charge in [-0.25, -0.2) is 4.79 Å². The molecule has 0 amide bonds. The van der Waals surface area contributed by atoms with Crippen LogP contribution in [0.4, 0.5) is 18.9 Å². The van der Waals surface area contributed by atoms with Gasteiger partial charge >= 0.3 is 12.1 Å². The SMILES string of the molecule is CCC1(C(=O)O)Cc2c(cccc2C(F)(F)F)N1. The number of carbonyl (C=O) groups is 1. The van der Waals surface area contributed by atoms with E-state index in [1.807, 2.05) is 0 Å². The van der Waals surface area contributed by atoms with Gasteiger partial charge in [-0.1, -0.05) is 13.0 Å². The summed E-state index contributed by atoms with van der Waals surface area (Å²) in [6.45, 7) is 1.64. The Kier molecular flexibility index (Phi) is 2.76. The van der Waals surface area contributed by atoms with E-state index in [0.717, 1.165) is 6.07 Å². The van der Waals surface area contributed by atoms with Crippen molar-refractivity contribution in [2.75, 3.05) is 5.32 Å². The minimum absolute atomic E-state index is 0.0363. The number of hydrogen-bond acceptors (Lipinski definition) is 2. The molecular formula is C12H12F3NO2. The zero-order valence-electron chi connectivity index (χ0n) is 9.64. The highest BCUT2D eigenvalue weighted by Crippen LogP contribution is 2.42. The molecule has 1 aliphatic heterocycles. The van der Waals surface area contributed by atoms with Gasteiger partial charge < -0.3 is 10.4 Å². The number of carboxylic acids is 1. The van der Waals surface area contributed by atoms with Crippen molar-refractivity contribution in [1.82, 2.24) is 0 Å². The normalized spacial score (nSPS) is 22.4. The van der Waals surface area contributed by atoms with Gasteiger partial charge in [0.25, 0.3) is 0 Å². The van der Waals surface area contributed by atoms with Crippen molar-refractivity contribution in [3.05, 3.63) is 29.3 Å². The number of nitrogens with one attached hydrogen (secondary N) is 1. The van der Waals surface area contributed by atoms with Crippen LogP contribution in [0.25, 0.3) is 0 Å². The Bertz CT molecular complexity index is 499. The second-order valence-electron chi connectivity index (χ2n) is 4.37. The van der Waals surface area contributed by atoms with E-state index in [0.29, 0.717) is 0 Å². The smallest absolute Gasteiger partial charge is 0.416 e. The van der Waals surface area contributed by atoms with Crippen molar-refractivity contribution in [3.8, 4) is 0 Å². The largest absolute Gasteiger partial charge is 0.479 e. The van der Waals surface area contributed by atoms with Crippen LogP contribution in [0.3, 0.4) is 0 Å². The maximum absolute atomic E-state index is 12.8. The summed E-state index contributed by atoms with van der Waals surface area (Å²) in [5.74, 6) is -1.13. The number of hydrogen-bond donors (Lipinski definition) is 2. The number of aliphatic carboxylic acids is 1. The van der Waals surface area contributed by atoms with Crippen LogP contribution < -0.4 is 5.32 Å². The Morgan fingerprint density at radius 2 is 2.17 bits per heavy atom. The Balaban J connectivity index is 2.50. The summed E-state index contributed by atoms with van der Waals surface area (Å²) in [4.78, 5) is 11.2. The summed E-state index contributed by atoms with van der Waals surface area (Å²) in [5.41, 5.74) is -1.80. The maximum atomic E-state index is 12.8. The van der Waals surface area contributed by atoms with E-state index in [9.17, 15) is 23.1 Å². The number of alkyl halides is 3. The molecule has 0 saturated heterocycles. The van der Waals surface area contributed by atoms with Crippen LogP contribution in [-0.4, -0.2) is 16.6 Å². The monoisotopic (exact) mass is 259 g/mol. The van der Waals surface area contributed by atoms with Crippen molar-refractivity contribution in [1.29, 1.82) is 0 Å². The molecule has 1 aliphatic rings. The average molecular weight is 259 g/mol. The van der Waals surface area contributed by atoms with Crippen molar-refractivity contribution in [2.24, 2.45) is 0 Å². The van der Waals surface area contributed by atoms with Crippen LogP contribution in [0.5, 0.6) is 0 Å². The first-order chi connectivity index (χ1) is 8.30. The minimum Gasteiger partial charge on any atom is -0.479 e. The van der Waals surface area contributed by atoms with Gasteiger partial charge in [0.05, 0.1) is 5.56 Å². The van der Waals surface area contributed by atoms with Crippen LogP contribution in [0.1, 0.15) is 24.5 Å². The molecule has 0 radical (unpaired) electrons. The topological polar surface area (TPSA) is 49.3 Å². The van der Waals surface area contributed by atoms with E-state index in [1.54, 1.807) is 6.92 Å². The van der Waals surface area contributed by atoms with E-state index >= 15 is 0 Å². The number of benzene rings is 1. The van der Waals surface area contributed by atoms with Crippen molar-refractivity contribution in [3.63, 3.8) is 0 Å². The third-order valence-electron chi connectivity index (χ3n) is 3.35. The molecule has 18 heavy (non-hydrogen) atoms. The molecule has 0 bridgehead atoms. The second kappa shape index (κ2) is 3.90. The first-order valence-corrected chi connectivity index (χ1v) is 5.51. The number of rotatable bonds is 2. The molecule has 98 valence electrons. The Morgan fingerprint density at radius 1 is 1.50 bits per heavy atom. The summed E-state index contributed by atoms with van der Waals surface area (Å²) in [6, 6.07) is 3.74. The first kappa shape index (κ1) is 12.7. The molecular weight excluding hydrogens is 247 g/mol. The lowest BCUT2D eigenvalue weighted by atomic mass is 9.90.